The van der Waals surface area contributed by atoms with Gasteiger partial charge in [0.2, 0.25) is 11.9 Å². The fourth-order valence-electron chi connectivity index (χ4n) is 6.51. The van der Waals surface area contributed by atoms with Crippen LogP contribution in [0, 0.1) is 34.5 Å². The predicted octanol–water partition coefficient (Wildman–Crippen LogP) is 4.74. The number of hydrogen-bond donors (Lipinski definition) is 4. The third-order valence-electron chi connectivity index (χ3n) is 10.6. The Labute approximate surface area is 352 Å². The van der Waals surface area contributed by atoms with Crippen LogP contribution in [0.25, 0.3) is 11.2 Å². The summed E-state index contributed by atoms with van der Waals surface area (Å²) >= 11 is 11.7. The molecule has 20 nitrogen and oxygen atoms in total. The highest BCUT2D eigenvalue weighted by Gasteiger charge is 2.55. The SMILES string of the molecule is CC(C)C(=O)Nc1nc2c(ncn2[C@@H]2OC3COP(O)(=S)O[C@H]4C[C@H](Nc5ncncc5C#N)C[C@@H]4COP(=S)(OCCC#N)O[C@@H]2C3O[Si](C)(C)C(C)(C)C)c(=O)[nH]1. The summed E-state index contributed by atoms with van der Waals surface area (Å²) < 4.78 is 46.9. The molecule has 25 heteroatoms. The summed E-state index contributed by atoms with van der Waals surface area (Å²) in [5, 5.41) is 24.6. The van der Waals surface area contributed by atoms with Crippen LogP contribution in [-0.2, 0) is 60.2 Å². The number of anilines is 2. The van der Waals surface area contributed by atoms with Gasteiger partial charge in [-0.3, -0.25) is 29.0 Å². The van der Waals surface area contributed by atoms with Crippen LogP contribution in [0.1, 0.15) is 65.7 Å². The van der Waals surface area contributed by atoms with Crippen LogP contribution in [0.5, 0.6) is 0 Å². The van der Waals surface area contributed by atoms with Gasteiger partial charge in [0.25, 0.3) is 5.56 Å². The number of fused-ring (bicyclic) bond motifs is 4. The molecule has 3 fully saturated rings. The highest BCUT2D eigenvalue weighted by atomic mass is 32.5. The number of rotatable bonds is 10. The maximum Gasteiger partial charge on any atom is 0.327 e. The lowest BCUT2D eigenvalue weighted by Crippen LogP contribution is -2.50. The second kappa shape index (κ2) is 18.1. The Morgan fingerprint density at radius 2 is 1.93 bits per heavy atom. The minimum atomic E-state index is -3.99. The molecule has 0 aromatic carbocycles. The molecule has 3 aliphatic rings. The number of nitriles is 2. The molecule has 320 valence electrons. The van der Waals surface area contributed by atoms with Gasteiger partial charge in [-0.05, 0) is 54.6 Å². The molecule has 0 spiro atoms. The van der Waals surface area contributed by atoms with Crippen molar-refractivity contribution in [1.29, 1.82) is 10.5 Å². The van der Waals surface area contributed by atoms with Gasteiger partial charge in [0.05, 0.1) is 50.9 Å². The quantitative estimate of drug-likeness (QED) is 0.122. The lowest BCUT2D eigenvalue weighted by Gasteiger charge is -2.41. The molecule has 1 amide bonds. The Bertz CT molecular complexity index is 2280. The number of hydrogen-bond acceptors (Lipinski definition) is 18. The molecule has 9 atom stereocenters. The lowest BCUT2D eigenvalue weighted by atomic mass is 10.1. The van der Waals surface area contributed by atoms with Gasteiger partial charge in [-0.15, -0.1) is 0 Å². The average Bonchev–Trinajstić information content (AvgIpc) is 3.84. The van der Waals surface area contributed by atoms with Crippen LogP contribution < -0.4 is 16.2 Å². The van der Waals surface area contributed by atoms with E-state index in [4.69, 9.17) is 55.4 Å². The van der Waals surface area contributed by atoms with Crippen LogP contribution in [0.4, 0.5) is 11.8 Å². The zero-order valence-electron chi connectivity index (χ0n) is 33.6. The van der Waals surface area contributed by atoms with Crippen LogP contribution in [-0.4, -0.2) is 98.9 Å². The topological polar surface area (TPSA) is 263 Å². The molecule has 5 heterocycles. The molecule has 2 aliphatic heterocycles. The Hall–Kier alpha value is -3.12. The van der Waals surface area contributed by atoms with Crippen LogP contribution >= 0.6 is 13.4 Å². The number of aromatic nitrogens is 6. The van der Waals surface area contributed by atoms with Crippen LogP contribution in [0.3, 0.4) is 0 Å². The third-order valence-corrected chi connectivity index (χ3v) is 19.0. The van der Waals surface area contributed by atoms with Crippen molar-refractivity contribution < 1.29 is 41.5 Å². The van der Waals surface area contributed by atoms with Gasteiger partial charge in [0.1, 0.15) is 42.1 Å². The van der Waals surface area contributed by atoms with Crippen molar-refractivity contribution in [3.05, 3.63) is 34.8 Å². The first-order chi connectivity index (χ1) is 27.7. The van der Waals surface area contributed by atoms with E-state index in [0.717, 1.165) is 0 Å². The van der Waals surface area contributed by atoms with Crippen molar-refractivity contribution >= 4 is 74.2 Å². The number of amides is 1. The van der Waals surface area contributed by atoms with E-state index in [9.17, 15) is 25.0 Å². The van der Waals surface area contributed by atoms with Gasteiger partial charge in [0.15, 0.2) is 25.7 Å². The summed E-state index contributed by atoms with van der Waals surface area (Å²) in [5.74, 6) is -1.00. The highest BCUT2D eigenvalue weighted by Crippen LogP contribution is 2.58. The molecule has 0 radical (unpaired) electrons. The molecule has 6 rings (SSSR count). The first kappa shape index (κ1) is 45.4. The molecule has 4 unspecified atom stereocenters. The van der Waals surface area contributed by atoms with Crippen molar-refractivity contribution in [2.45, 2.75) is 109 Å². The van der Waals surface area contributed by atoms with Crippen molar-refractivity contribution in [1.82, 2.24) is 29.5 Å². The van der Waals surface area contributed by atoms with E-state index in [-0.39, 0.29) is 65.9 Å². The third kappa shape index (κ3) is 10.5. The molecular weight excluding hydrogens is 863 g/mol. The number of nitrogens with one attached hydrogen (secondary N) is 3. The monoisotopic (exact) mass is 910 g/mol. The second-order valence-corrected chi connectivity index (χ2v) is 26.7. The van der Waals surface area contributed by atoms with E-state index < -0.39 is 69.8 Å². The molecule has 1 aliphatic carbocycles. The molecular formula is C34H48N10O10P2S2Si. The Kier molecular flexibility index (Phi) is 13.9. The Balaban J connectivity index is 1.42. The van der Waals surface area contributed by atoms with Crippen LogP contribution in [0.2, 0.25) is 18.1 Å². The number of aromatic amines is 1. The lowest BCUT2D eigenvalue weighted by molar-refractivity contribution is -0.118. The van der Waals surface area contributed by atoms with E-state index in [1.165, 1.54) is 23.4 Å². The summed E-state index contributed by atoms with van der Waals surface area (Å²) in [6.07, 6.45) is -0.170. The number of carbonyl (C=O) groups is 1. The molecule has 2 bridgehead atoms. The Morgan fingerprint density at radius 1 is 1.17 bits per heavy atom. The normalized spacial score (nSPS) is 30.4. The second-order valence-electron chi connectivity index (χ2n) is 16.2. The first-order valence-corrected chi connectivity index (χ1v) is 27.0. The van der Waals surface area contributed by atoms with Gasteiger partial charge in [-0.1, -0.05) is 34.6 Å². The van der Waals surface area contributed by atoms with Crippen molar-refractivity contribution in [2.75, 3.05) is 30.5 Å². The summed E-state index contributed by atoms with van der Waals surface area (Å²) in [5.41, 5.74) is -0.372. The highest BCUT2D eigenvalue weighted by molar-refractivity contribution is 8.07. The van der Waals surface area contributed by atoms with Crippen molar-refractivity contribution in [3.63, 3.8) is 0 Å². The minimum absolute atomic E-state index is 0.0193. The smallest absolute Gasteiger partial charge is 0.327 e. The minimum Gasteiger partial charge on any atom is -0.408 e. The average molecular weight is 911 g/mol. The largest absolute Gasteiger partial charge is 0.408 e. The van der Waals surface area contributed by atoms with Gasteiger partial charge < -0.3 is 37.5 Å². The molecule has 4 N–H and O–H groups in total. The number of carbonyl (C=O) groups excluding carboxylic acids is 1. The fourth-order valence-corrected chi connectivity index (χ4v) is 11.4. The fraction of sp³-hybridized carbons (Fsp3) is 0.647. The Morgan fingerprint density at radius 3 is 2.63 bits per heavy atom. The standard InChI is InChI=1S/C34H48N10O10P2S2Si/c1-19(2)30(45)42-33-41-29-25(31(46)43-33)39-18-44(29)32-27-26(54-59(6,7)34(3,4)5)24(51-32)16-49-55(47,57)52-23-12-22(40-28-21(13-36)14-37-17-38-28)11-20(23)15-50-56(58,53-27)48-10-8-9-35/h14,17-20,22-24,26-27,32H,8,10-12,15-16H2,1-7H3,(H,47,57)(H,37,38,40)(H2,41,42,43,45,46)/t20-,22-,23+,24?,26?,27-,32-,55?,56?/m1/s1. The number of H-pyrrole nitrogens is 1. The van der Waals surface area contributed by atoms with Crippen LogP contribution in [0.15, 0.2) is 23.6 Å². The van der Waals surface area contributed by atoms with E-state index >= 15 is 0 Å². The van der Waals surface area contributed by atoms with Gasteiger partial charge in [-0.2, -0.15) is 15.5 Å². The molecule has 1 saturated carbocycles. The number of imidazole rings is 1. The van der Waals surface area contributed by atoms with Crippen molar-refractivity contribution in [2.24, 2.45) is 11.8 Å². The van der Waals surface area contributed by atoms with E-state index in [0.29, 0.717) is 18.7 Å². The predicted molar refractivity (Wildman–Crippen MR) is 223 cm³/mol. The molecule has 2 saturated heterocycles. The zero-order chi connectivity index (χ0) is 42.9. The summed E-state index contributed by atoms with van der Waals surface area (Å²) in [6.45, 7) is 5.34. The number of ether oxygens (including phenoxy) is 1. The number of nitrogens with zero attached hydrogens (tertiary/aromatic N) is 7. The summed E-state index contributed by atoms with van der Waals surface area (Å²) in [4.78, 5) is 57.0. The van der Waals surface area contributed by atoms with Crippen molar-refractivity contribution in [3.8, 4) is 12.1 Å². The van der Waals surface area contributed by atoms with Gasteiger partial charge in [0, 0.05) is 17.9 Å². The molecule has 3 aromatic rings. The van der Waals surface area contributed by atoms with Gasteiger partial charge in [-0.25, -0.2) is 15.0 Å². The maximum absolute atomic E-state index is 13.3. The van der Waals surface area contributed by atoms with Gasteiger partial charge >= 0.3 is 13.4 Å². The maximum atomic E-state index is 13.3. The molecule has 59 heavy (non-hydrogen) atoms. The van der Waals surface area contributed by atoms with E-state index in [2.05, 4.69) is 68.5 Å². The molecule has 3 aromatic heterocycles. The first-order valence-electron chi connectivity index (χ1n) is 18.9. The van der Waals surface area contributed by atoms with E-state index in [1.807, 2.05) is 13.1 Å². The zero-order valence-corrected chi connectivity index (χ0v) is 38.0. The summed E-state index contributed by atoms with van der Waals surface area (Å²) in [7, 11) is -2.68. The van der Waals surface area contributed by atoms with E-state index in [1.54, 1.807) is 13.8 Å². The summed E-state index contributed by atoms with van der Waals surface area (Å²) in [6, 6.07) is 3.82.